The molecule has 0 saturated heterocycles. The second-order valence-corrected chi connectivity index (χ2v) is 11.8. The summed E-state index contributed by atoms with van der Waals surface area (Å²) in [5.41, 5.74) is 1.59. The molecule has 0 aliphatic heterocycles. The monoisotopic (exact) mass is 602 g/mol. The van der Waals surface area contributed by atoms with Crippen molar-refractivity contribution in [2.45, 2.75) is 79.0 Å². The third-order valence-corrected chi connectivity index (χ3v) is 7.22. The summed E-state index contributed by atoms with van der Waals surface area (Å²) in [6.07, 6.45) is 0.341. The molecule has 0 aromatic heterocycles. The fraction of sp³-hybridized carbons (Fsp3) is 0.545. The SMILES string of the molecule is CCCN(CCC)C(=O)c1cc(C)cc(C(=O)N[C@@H](Cc2cc(F)cc(F)c2)[C@H](O)CN(C)[C@@H](C)C(=O)NCC(C)C)c1. The van der Waals surface area contributed by atoms with E-state index in [1.165, 1.54) is 6.07 Å². The predicted molar refractivity (Wildman–Crippen MR) is 165 cm³/mol. The summed E-state index contributed by atoms with van der Waals surface area (Å²) >= 11 is 0. The van der Waals surface area contributed by atoms with Crippen LogP contribution in [0.5, 0.6) is 0 Å². The second kappa shape index (κ2) is 17.1. The third-order valence-electron chi connectivity index (χ3n) is 7.22. The zero-order valence-corrected chi connectivity index (χ0v) is 26.5. The highest BCUT2D eigenvalue weighted by Crippen LogP contribution is 2.17. The molecule has 0 aliphatic carbocycles. The summed E-state index contributed by atoms with van der Waals surface area (Å²) in [5.74, 6) is -2.17. The molecule has 2 rings (SSSR count). The number of likely N-dealkylation sites (N-methyl/N-ethyl adjacent to an activating group) is 1. The van der Waals surface area contributed by atoms with Crippen LogP contribution in [0.1, 0.15) is 79.3 Å². The lowest BCUT2D eigenvalue weighted by atomic mass is 9.98. The highest BCUT2D eigenvalue weighted by atomic mass is 19.1. The Morgan fingerprint density at radius 1 is 0.907 bits per heavy atom. The fourth-order valence-electron chi connectivity index (χ4n) is 4.83. The topological polar surface area (TPSA) is 102 Å². The van der Waals surface area contributed by atoms with Gasteiger partial charge >= 0.3 is 0 Å². The van der Waals surface area contributed by atoms with Crippen molar-refractivity contribution < 1.29 is 28.3 Å². The highest BCUT2D eigenvalue weighted by molar-refractivity contribution is 6.00. The first-order valence-corrected chi connectivity index (χ1v) is 15.1. The van der Waals surface area contributed by atoms with Crippen molar-refractivity contribution in [3.8, 4) is 0 Å². The average Bonchev–Trinajstić information content (AvgIpc) is 2.93. The average molecular weight is 603 g/mol. The van der Waals surface area contributed by atoms with Crippen LogP contribution in [0.3, 0.4) is 0 Å². The van der Waals surface area contributed by atoms with E-state index in [1.54, 1.807) is 42.8 Å². The molecule has 0 bridgehead atoms. The molecular formula is C33H48F2N4O4. The number of nitrogens with zero attached hydrogens (tertiary/aromatic N) is 2. The van der Waals surface area contributed by atoms with Gasteiger partial charge < -0.3 is 20.6 Å². The van der Waals surface area contributed by atoms with E-state index < -0.39 is 35.7 Å². The van der Waals surface area contributed by atoms with Gasteiger partial charge in [-0.15, -0.1) is 0 Å². The summed E-state index contributed by atoms with van der Waals surface area (Å²) in [7, 11) is 1.68. The first-order chi connectivity index (χ1) is 20.2. The number of aliphatic hydroxyl groups excluding tert-OH is 1. The molecule has 0 spiro atoms. The lowest BCUT2D eigenvalue weighted by Gasteiger charge is -2.31. The van der Waals surface area contributed by atoms with Crippen molar-refractivity contribution in [3.05, 3.63) is 70.3 Å². The molecule has 3 amide bonds. The number of hydrogen-bond acceptors (Lipinski definition) is 5. The minimum atomic E-state index is -1.20. The number of rotatable bonds is 16. The smallest absolute Gasteiger partial charge is 0.253 e. The maximum Gasteiger partial charge on any atom is 0.253 e. The van der Waals surface area contributed by atoms with Crippen LogP contribution in [0.4, 0.5) is 8.78 Å². The maximum atomic E-state index is 14.0. The fourth-order valence-corrected chi connectivity index (χ4v) is 4.83. The second-order valence-electron chi connectivity index (χ2n) is 11.8. The molecule has 2 aromatic rings. The Hall–Kier alpha value is -3.37. The summed E-state index contributed by atoms with van der Waals surface area (Å²) in [6, 6.07) is 6.44. The number of aryl methyl sites for hydroxylation is 1. The highest BCUT2D eigenvalue weighted by Gasteiger charge is 2.28. The van der Waals surface area contributed by atoms with E-state index in [0.29, 0.717) is 30.8 Å². The Morgan fingerprint density at radius 2 is 1.49 bits per heavy atom. The molecular weight excluding hydrogens is 554 g/mol. The molecule has 0 radical (unpaired) electrons. The molecule has 0 saturated carbocycles. The van der Waals surface area contributed by atoms with Gasteiger partial charge in [0.1, 0.15) is 11.6 Å². The molecule has 0 fully saturated rings. The number of aliphatic hydroxyl groups is 1. The summed E-state index contributed by atoms with van der Waals surface area (Å²) in [5, 5.41) is 17.0. The lowest BCUT2D eigenvalue weighted by Crippen LogP contribution is -2.52. The summed E-state index contributed by atoms with van der Waals surface area (Å²) in [4.78, 5) is 42.8. The van der Waals surface area contributed by atoms with Gasteiger partial charge in [0.25, 0.3) is 11.8 Å². The Balaban J connectivity index is 2.33. The molecule has 8 nitrogen and oxygen atoms in total. The van der Waals surface area contributed by atoms with Crippen LogP contribution in [0.25, 0.3) is 0 Å². The molecule has 2 aromatic carbocycles. The quantitative estimate of drug-likeness (QED) is 0.266. The molecule has 10 heteroatoms. The number of nitrogens with one attached hydrogen (secondary N) is 2. The van der Waals surface area contributed by atoms with Gasteiger partial charge in [0.2, 0.25) is 5.91 Å². The summed E-state index contributed by atoms with van der Waals surface area (Å²) in [6.45, 7) is 13.2. The zero-order valence-electron chi connectivity index (χ0n) is 26.5. The van der Waals surface area contributed by atoms with Crippen LogP contribution in [-0.4, -0.2) is 84.0 Å². The number of amides is 3. The van der Waals surface area contributed by atoms with Gasteiger partial charge in [-0.2, -0.15) is 0 Å². The van der Waals surface area contributed by atoms with Gasteiger partial charge in [0.05, 0.1) is 18.2 Å². The van der Waals surface area contributed by atoms with Crippen molar-refractivity contribution in [3.63, 3.8) is 0 Å². The molecule has 238 valence electrons. The number of halogens is 2. The van der Waals surface area contributed by atoms with Crippen molar-refractivity contribution in [1.82, 2.24) is 20.4 Å². The third kappa shape index (κ3) is 11.3. The van der Waals surface area contributed by atoms with Crippen LogP contribution in [-0.2, 0) is 11.2 Å². The van der Waals surface area contributed by atoms with Crippen molar-refractivity contribution >= 4 is 17.7 Å². The van der Waals surface area contributed by atoms with Crippen LogP contribution >= 0.6 is 0 Å². The minimum absolute atomic E-state index is 0.000438. The molecule has 0 aliphatic rings. The number of carbonyl (C=O) groups excluding carboxylic acids is 3. The van der Waals surface area contributed by atoms with E-state index in [-0.39, 0.29) is 41.8 Å². The van der Waals surface area contributed by atoms with Gasteiger partial charge in [-0.3, -0.25) is 19.3 Å². The van der Waals surface area contributed by atoms with Gasteiger partial charge in [0.15, 0.2) is 0 Å². The van der Waals surface area contributed by atoms with E-state index in [4.69, 9.17) is 0 Å². The van der Waals surface area contributed by atoms with Crippen molar-refractivity contribution in [2.24, 2.45) is 5.92 Å². The Bertz CT molecular complexity index is 1210. The van der Waals surface area contributed by atoms with Crippen molar-refractivity contribution in [1.29, 1.82) is 0 Å². The largest absolute Gasteiger partial charge is 0.390 e. The molecule has 0 unspecified atom stereocenters. The Labute approximate surface area is 254 Å². The van der Waals surface area contributed by atoms with Gasteiger partial charge in [-0.05, 0) is 87.5 Å². The zero-order chi connectivity index (χ0) is 32.3. The molecule has 3 atom stereocenters. The van der Waals surface area contributed by atoms with E-state index >= 15 is 0 Å². The van der Waals surface area contributed by atoms with Crippen molar-refractivity contribution in [2.75, 3.05) is 33.2 Å². The van der Waals surface area contributed by atoms with Gasteiger partial charge in [-0.25, -0.2) is 8.78 Å². The molecule has 43 heavy (non-hydrogen) atoms. The molecule has 3 N–H and O–H groups in total. The first kappa shape index (κ1) is 35.8. The van der Waals surface area contributed by atoms with Crippen LogP contribution in [0.15, 0.2) is 36.4 Å². The van der Waals surface area contributed by atoms with E-state index in [2.05, 4.69) is 10.6 Å². The summed E-state index contributed by atoms with van der Waals surface area (Å²) < 4.78 is 28.0. The maximum absolute atomic E-state index is 14.0. The normalized spacial score (nSPS) is 13.5. The van der Waals surface area contributed by atoms with Crippen LogP contribution < -0.4 is 10.6 Å². The molecule has 0 heterocycles. The number of benzene rings is 2. The van der Waals surface area contributed by atoms with E-state index in [1.807, 2.05) is 27.7 Å². The van der Waals surface area contributed by atoms with Crippen LogP contribution in [0.2, 0.25) is 0 Å². The Kier molecular flexibility index (Phi) is 14.2. The van der Waals surface area contributed by atoms with E-state index in [0.717, 1.165) is 31.0 Å². The number of hydrogen-bond donors (Lipinski definition) is 3. The first-order valence-electron chi connectivity index (χ1n) is 15.1. The van der Waals surface area contributed by atoms with Gasteiger partial charge in [0, 0.05) is 43.4 Å². The lowest BCUT2D eigenvalue weighted by molar-refractivity contribution is -0.126. The predicted octanol–water partition coefficient (Wildman–Crippen LogP) is 4.33. The van der Waals surface area contributed by atoms with E-state index in [9.17, 15) is 28.3 Å². The Morgan fingerprint density at radius 3 is 2.05 bits per heavy atom. The minimum Gasteiger partial charge on any atom is -0.390 e. The number of carbonyl (C=O) groups is 3. The van der Waals surface area contributed by atoms with Gasteiger partial charge in [-0.1, -0.05) is 27.7 Å². The standard InChI is InChI=1S/C33H48F2N4O4/c1-8-10-39(11-9-2)33(43)26-13-22(5)12-25(17-26)32(42)37-29(16-24-14-27(34)18-28(35)15-24)30(40)20-38(7)23(6)31(41)36-19-21(3)4/h12-15,17-18,21,23,29-30,40H,8-11,16,19-20H2,1-7H3,(H,36,41)(H,37,42)/t23-,29-,30+/m0/s1. The van der Waals surface area contributed by atoms with Crippen LogP contribution in [0, 0.1) is 24.5 Å².